The van der Waals surface area contributed by atoms with Crippen LogP contribution in [0.3, 0.4) is 0 Å². The molecule has 1 aliphatic heterocycles. The lowest BCUT2D eigenvalue weighted by molar-refractivity contribution is 0.0596. The van der Waals surface area contributed by atoms with Crippen molar-refractivity contribution < 1.29 is 0 Å². The molecule has 0 radical (unpaired) electrons. The first-order chi connectivity index (χ1) is 9.44. The summed E-state index contributed by atoms with van der Waals surface area (Å²) >= 11 is 0. The normalized spacial score (nSPS) is 34.0. The predicted octanol–water partition coefficient (Wildman–Crippen LogP) is 2.56. The van der Waals surface area contributed by atoms with Crippen molar-refractivity contribution >= 4 is 0 Å². The van der Waals surface area contributed by atoms with E-state index in [2.05, 4.69) is 37.5 Å². The lowest BCUT2D eigenvalue weighted by atomic mass is 9.68. The first-order valence-corrected chi connectivity index (χ1v) is 8.66. The first kappa shape index (κ1) is 16.3. The number of nitrogens with zero attached hydrogens (tertiary/aromatic N) is 2. The summed E-state index contributed by atoms with van der Waals surface area (Å²) in [5.41, 5.74) is 6.87. The van der Waals surface area contributed by atoms with Gasteiger partial charge in [0, 0.05) is 44.8 Å². The van der Waals surface area contributed by atoms with Gasteiger partial charge in [0.2, 0.25) is 0 Å². The highest BCUT2D eigenvalue weighted by atomic mass is 15.3. The van der Waals surface area contributed by atoms with Crippen LogP contribution in [0.2, 0.25) is 0 Å². The van der Waals surface area contributed by atoms with Gasteiger partial charge >= 0.3 is 0 Å². The summed E-state index contributed by atoms with van der Waals surface area (Å²) in [6.45, 7) is 15.5. The van der Waals surface area contributed by atoms with Crippen molar-refractivity contribution in [3.63, 3.8) is 0 Å². The van der Waals surface area contributed by atoms with Crippen LogP contribution in [0, 0.1) is 11.3 Å². The van der Waals surface area contributed by atoms with E-state index in [1.54, 1.807) is 0 Å². The molecule has 1 heterocycles. The third-order valence-electron chi connectivity index (χ3n) is 5.92. The third-order valence-corrected chi connectivity index (χ3v) is 5.92. The molecule has 2 N–H and O–H groups in total. The van der Waals surface area contributed by atoms with Crippen LogP contribution in [0.4, 0.5) is 0 Å². The average Bonchev–Trinajstić information content (AvgIpc) is 2.44. The standard InChI is InChI=1S/C17H35N3/c1-5-14(2)20-11-9-19(10-12-20)13-15-7-6-8-17(3,4)16(15)18/h14-16H,5-13,18H2,1-4H3. The minimum Gasteiger partial charge on any atom is -0.327 e. The van der Waals surface area contributed by atoms with Gasteiger partial charge in [-0.05, 0) is 37.5 Å². The van der Waals surface area contributed by atoms with Crippen LogP contribution < -0.4 is 5.73 Å². The van der Waals surface area contributed by atoms with E-state index in [0.717, 1.165) is 6.04 Å². The molecular weight excluding hydrogens is 246 g/mol. The van der Waals surface area contributed by atoms with Gasteiger partial charge in [0.15, 0.2) is 0 Å². The summed E-state index contributed by atoms with van der Waals surface area (Å²) in [5, 5.41) is 0. The van der Waals surface area contributed by atoms with Crippen LogP contribution in [0.5, 0.6) is 0 Å². The van der Waals surface area contributed by atoms with Crippen molar-refractivity contribution in [1.82, 2.24) is 9.80 Å². The number of nitrogens with two attached hydrogens (primary N) is 1. The van der Waals surface area contributed by atoms with E-state index in [1.807, 2.05) is 0 Å². The van der Waals surface area contributed by atoms with Crippen molar-refractivity contribution in [3.05, 3.63) is 0 Å². The first-order valence-electron chi connectivity index (χ1n) is 8.66. The molecule has 3 atom stereocenters. The van der Waals surface area contributed by atoms with Crippen LogP contribution in [0.15, 0.2) is 0 Å². The van der Waals surface area contributed by atoms with Crippen LogP contribution in [-0.2, 0) is 0 Å². The largest absolute Gasteiger partial charge is 0.327 e. The number of hydrogen-bond acceptors (Lipinski definition) is 3. The highest BCUT2D eigenvalue weighted by molar-refractivity contribution is 4.93. The van der Waals surface area contributed by atoms with Crippen molar-refractivity contribution in [2.24, 2.45) is 17.1 Å². The highest BCUT2D eigenvalue weighted by Crippen LogP contribution is 2.38. The summed E-state index contributed by atoms with van der Waals surface area (Å²) in [6.07, 6.45) is 5.25. The second kappa shape index (κ2) is 6.76. The van der Waals surface area contributed by atoms with Crippen LogP contribution in [0.25, 0.3) is 0 Å². The van der Waals surface area contributed by atoms with E-state index >= 15 is 0 Å². The van der Waals surface area contributed by atoms with Gasteiger partial charge in [-0.2, -0.15) is 0 Å². The molecule has 0 spiro atoms. The summed E-state index contributed by atoms with van der Waals surface area (Å²) in [5.74, 6) is 0.703. The highest BCUT2D eigenvalue weighted by Gasteiger charge is 2.37. The minimum atomic E-state index is 0.335. The monoisotopic (exact) mass is 281 g/mol. The zero-order chi connectivity index (χ0) is 14.8. The molecule has 0 aromatic heterocycles. The van der Waals surface area contributed by atoms with Gasteiger partial charge in [-0.1, -0.05) is 27.2 Å². The van der Waals surface area contributed by atoms with Crippen molar-refractivity contribution in [2.75, 3.05) is 32.7 Å². The van der Waals surface area contributed by atoms with Gasteiger partial charge in [-0.25, -0.2) is 0 Å². The fourth-order valence-corrected chi connectivity index (χ4v) is 3.99. The maximum Gasteiger partial charge on any atom is 0.0131 e. The molecule has 118 valence electrons. The molecule has 1 aliphatic carbocycles. The molecule has 0 bridgehead atoms. The van der Waals surface area contributed by atoms with Crippen LogP contribution >= 0.6 is 0 Å². The molecule has 1 saturated carbocycles. The molecule has 3 heteroatoms. The smallest absolute Gasteiger partial charge is 0.0131 e. The lowest BCUT2D eigenvalue weighted by Gasteiger charge is -2.45. The van der Waals surface area contributed by atoms with Gasteiger partial charge in [0.1, 0.15) is 0 Å². The Bertz CT molecular complexity index is 295. The molecule has 2 aliphatic rings. The van der Waals surface area contributed by atoms with Gasteiger partial charge < -0.3 is 10.6 Å². The van der Waals surface area contributed by atoms with Gasteiger partial charge in [-0.15, -0.1) is 0 Å². The Morgan fingerprint density at radius 2 is 1.85 bits per heavy atom. The van der Waals surface area contributed by atoms with Gasteiger partial charge in [-0.3, -0.25) is 4.90 Å². The Labute approximate surface area is 125 Å². The third kappa shape index (κ3) is 3.75. The fourth-order valence-electron chi connectivity index (χ4n) is 3.99. The molecule has 3 unspecified atom stereocenters. The van der Waals surface area contributed by atoms with Crippen LogP contribution in [-0.4, -0.2) is 54.6 Å². The van der Waals surface area contributed by atoms with E-state index in [-0.39, 0.29) is 0 Å². The van der Waals surface area contributed by atoms with E-state index in [4.69, 9.17) is 5.73 Å². The Hall–Kier alpha value is -0.120. The molecule has 0 amide bonds. The van der Waals surface area contributed by atoms with E-state index in [0.29, 0.717) is 17.4 Å². The number of hydrogen-bond donors (Lipinski definition) is 1. The molecule has 2 fully saturated rings. The Kier molecular flexibility index (Phi) is 5.49. The zero-order valence-electron chi connectivity index (χ0n) is 14.1. The van der Waals surface area contributed by atoms with E-state index in [9.17, 15) is 0 Å². The Morgan fingerprint density at radius 1 is 1.20 bits per heavy atom. The molecule has 0 aromatic rings. The van der Waals surface area contributed by atoms with Crippen molar-refractivity contribution in [2.45, 2.75) is 65.5 Å². The summed E-state index contributed by atoms with van der Waals surface area (Å²) < 4.78 is 0. The Morgan fingerprint density at radius 3 is 2.45 bits per heavy atom. The SMILES string of the molecule is CCC(C)N1CCN(CC2CCCC(C)(C)C2N)CC1. The molecular formula is C17H35N3. The fraction of sp³-hybridized carbons (Fsp3) is 1.00. The quantitative estimate of drug-likeness (QED) is 0.859. The van der Waals surface area contributed by atoms with Gasteiger partial charge in [0.25, 0.3) is 0 Å². The van der Waals surface area contributed by atoms with Crippen molar-refractivity contribution in [3.8, 4) is 0 Å². The van der Waals surface area contributed by atoms with E-state index in [1.165, 1.54) is 58.4 Å². The topological polar surface area (TPSA) is 32.5 Å². The van der Waals surface area contributed by atoms with Crippen LogP contribution in [0.1, 0.15) is 53.4 Å². The maximum absolute atomic E-state index is 6.53. The predicted molar refractivity (Wildman–Crippen MR) is 86.9 cm³/mol. The summed E-state index contributed by atoms with van der Waals surface area (Å²) in [4.78, 5) is 5.30. The number of rotatable bonds is 4. The summed E-state index contributed by atoms with van der Waals surface area (Å²) in [6, 6.07) is 1.12. The second-order valence-electron chi connectivity index (χ2n) is 7.76. The molecule has 1 saturated heterocycles. The van der Waals surface area contributed by atoms with Gasteiger partial charge in [0.05, 0.1) is 0 Å². The average molecular weight is 281 g/mol. The lowest BCUT2D eigenvalue weighted by Crippen LogP contribution is -2.54. The second-order valence-corrected chi connectivity index (χ2v) is 7.76. The van der Waals surface area contributed by atoms with Crippen molar-refractivity contribution in [1.29, 1.82) is 0 Å². The van der Waals surface area contributed by atoms with E-state index < -0.39 is 0 Å². The molecule has 0 aromatic carbocycles. The molecule has 20 heavy (non-hydrogen) atoms. The Balaban J connectivity index is 1.80. The summed E-state index contributed by atoms with van der Waals surface area (Å²) in [7, 11) is 0. The molecule has 3 nitrogen and oxygen atoms in total. The number of piperazine rings is 1. The molecule has 2 rings (SSSR count). The minimum absolute atomic E-state index is 0.335. The maximum atomic E-state index is 6.53. The zero-order valence-corrected chi connectivity index (χ0v) is 14.1.